The molecular formula is C23H26N2O2. The zero-order valence-electron chi connectivity index (χ0n) is 15.9. The predicted molar refractivity (Wildman–Crippen MR) is 110 cm³/mol. The molecule has 1 N–H and O–H groups in total. The lowest BCUT2D eigenvalue weighted by atomic mass is 9.90. The van der Waals surface area contributed by atoms with Gasteiger partial charge in [0.15, 0.2) is 0 Å². The largest absolute Gasteiger partial charge is 0.497 e. The number of ether oxygens (including phenoxy) is 1. The number of nitrogens with zero attached hydrogens (tertiary/aromatic N) is 1. The molecule has 1 heterocycles. The van der Waals surface area contributed by atoms with Gasteiger partial charge in [0.2, 0.25) is 5.91 Å². The van der Waals surface area contributed by atoms with Crippen LogP contribution >= 0.6 is 0 Å². The van der Waals surface area contributed by atoms with Crippen molar-refractivity contribution in [1.82, 2.24) is 4.98 Å². The fraction of sp³-hybridized carbons (Fsp3) is 0.304. The molecule has 0 spiro atoms. The third kappa shape index (κ3) is 4.85. The van der Waals surface area contributed by atoms with Gasteiger partial charge in [-0.15, -0.1) is 0 Å². The number of nitrogens with one attached hydrogen (secondary N) is 1. The summed E-state index contributed by atoms with van der Waals surface area (Å²) in [5, 5.41) is 4.08. The molecule has 27 heavy (non-hydrogen) atoms. The number of pyridine rings is 1. The summed E-state index contributed by atoms with van der Waals surface area (Å²) < 4.78 is 5.24. The standard InChI is InChI=1S/C23H26N2O2/c1-3-4-7-19(17-11-13-20(27-2)14-12-17)16-22(26)25-21-10-5-8-18-9-6-15-24-23(18)21/h5-6,8-15,19H,3-4,7,16H2,1-2H3,(H,25,26). The van der Waals surface area contributed by atoms with E-state index in [0.29, 0.717) is 6.42 Å². The maximum atomic E-state index is 12.8. The van der Waals surface area contributed by atoms with Crippen LogP contribution in [-0.2, 0) is 4.79 Å². The van der Waals surface area contributed by atoms with Crippen LogP contribution in [-0.4, -0.2) is 18.0 Å². The van der Waals surface area contributed by atoms with E-state index in [-0.39, 0.29) is 11.8 Å². The summed E-state index contributed by atoms with van der Waals surface area (Å²) in [5.74, 6) is 1.04. The second-order valence-electron chi connectivity index (χ2n) is 6.75. The first-order chi connectivity index (χ1) is 13.2. The molecule has 0 radical (unpaired) electrons. The molecule has 0 saturated heterocycles. The topological polar surface area (TPSA) is 51.2 Å². The van der Waals surface area contributed by atoms with E-state index in [1.807, 2.05) is 42.5 Å². The van der Waals surface area contributed by atoms with Gasteiger partial charge in [-0.05, 0) is 42.2 Å². The molecule has 4 heteroatoms. The SMILES string of the molecule is CCCCC(CC(=O)Nc1cccc2cccnc12)c1ccc(OC)cc1. The number of hydrogen-bond acceptors (Lipinski definition) is 3. The summed E-state index contributed by atoms with van der Waals surface area (Å²) in [6.45, 7) is 2.17. The van der Waals surface area contributed by atoms with Crippen molar-refractivity contribution in [3.05, 3.63) is 66.4 Å². The van der Waals surface area contributed by atoms with Gasteiger partial charge in [-0.3, -0.25) is 9.78 Å². The third-order valence-corrected chi connectivity index (χ3v) is 4.83. The van der Waals surface area contributed by atoms with Gasteiger partial charge in [-0.2, -0.15) is 0 Å². The van der Waals surface area contributed by atoms with Crippen molar-refractivity contribution in [2.75, 3.05) is 12.4 Å². The van der Waals surface area contributed by atoms with Crippen molar-refractivity contribution >= 4 is 22.5 Å². The summed E-state index contributed by atoms with van der Waals surface area (Å²) in [4.78, 5) is 17.2. The molecule has 0 aliphatic heterocycles. The predicted octanol–water partition coefficient (Wildman–Crippen LogP) is 5.55. The van der Waals surface area contributed by atoms with Crippen LogP contribution in [0.5, 0.6) is 5.75 Å². The van der Waals surface area contributed by atoms with E-state index < -0.39 is 0 Å². The second kappa shape index (κ2) is 9.17. The van der Waals surface area contributed by atoms with Gasteiger partial charge in [0.1, 0.15) is 5.75 Å². The van der Waals surface area contributed by atoms with Gasteiger partial charge in [-0.1, -0.05) is 50.1 Å². The van der Waals surface area contributed by atoms with Crippen LogP contribution < -0.4 is 10.1 Å². The maximum Gasteiger partial charge on any atom is 0.225 e. The van der Waals surface area contributed by atoms with Crippen LogP contribution in [0, 0.1) is 0 Å². The number of carbonyl (C=O) groups excluding carboxylic acids is 1. The van der Waals surface area contributed by atoms with Crippen LogP contribution in [0.25, 0.3) is 10.9 Å². The second-order valence-corrected chi connectivity index (χ2v) is 6.75. The Hall–Kier alpha value is -2.88. The molecule has 0 aliphatic carbocycles. The van der Waals surface area contributed by atoms with Crippen molar-refractivity contribution in [2.45, 2.75) is 38.5 Å². The van der Waals surface area contributed by atoms with Crippen molar-refractivity contribution in [2.24, 2.45) is 0 Å². The Morgan fingerprint density at radius 2 is 1.89 bits per heavy atom. The zero-order chi connectivity index (χ0) is 19.1. The number of aromatic nitrogens is 1. The summed E-state index contributed by atoms with van der Waals surface area (Å²) in [5.41, 5.74) is 2.76. The Morgan fingerprint density at radius 3 is 2.63 bits per heavy atom. The fourth-order valence-electron chi connectivity index (χ4n) is 3.34. The van der Waals surface area contributed by atoms with E-state index in [0.717, 1.165) is 41.6 Å². The number of rotatable bonds is 8. The van der Waals surface area contributed by atoms with Gasteiger partial charge in [-0.25, -0.2) is 0 Å². The Morgan fingerprint density at radius 1 is 1.11 bits per heavy atom. The summed E-state index contributed by atoms with van der Waals surface area (Å²) in [6, 6.07) is 17.8. The molecule has 0 aliphatic rings. The summed E-state index contributed by atoms with van der Waals surface area (Å²) >= 11 is 0. The molecule has 2 aromatic carbocycles. The number of unbranched alkanes of at least 4 members (excludes halogenated alkanes) is 1. The minimum Gasteiger partial charge on any atom is -0.497 e. The van der Waals surface area contributed by atoms with Crippen molar-refractivity contribution in [3.63, 3.8) is 0 Å². The van der Waals surface area contributed by atoms with Gasteiger partial charge in [0, 0.05) is 18.0 Å². The number of anilines is 1. The molecule has 0 fully saturated rings. The number of amides is 1. The number of para-hydroxylation sites is 1. The molecule has 3 aromatic rings. The Labute approximate surface area is 160 Å². The number of hydrogen-bond donors (Lipinski definition) is 1. The first kappa shape index (κ1) is 18.9. The molecule has 0 bridgehead atoms. The highest BCUT2D eigenvalue weighted by Gasteiger charge is 2.17. The summed E-state index contributed by atoms with van der Waals surface area (Å²) in [6.07, 6.45) is 5.40. The molecule has 4 nitrogen and oxygen atoms in total. The van der Waals surface area contributed by atoms with Crippen LogP contribution in [0.4, 0.5) is 5.69 Å². The molecule has 1 aromatic heterocycles. The Bertz CT molecular complexity index is 885. The van der Waals surface area contributed by atoms with Crippen LogP contribution in [0.2, 0.25) is 0 Å². The molecule has 1 unspecified atom stereocenters. The lowest BCUT2D eigenvalue weighted by molar-refractivity contribution is -0.116. The summed E-state index contributed by atoms with van der Waals surface area (Å²) in [7, 11) is 1.66. The Kier molecular flexibility index (Phi) is 6.42. The highest BCUT2D eigenvalue weighted by molar-refractivity contribution is 6.00. The average molecular weight is 362 g/mol. The molecule has 1 atom stereocenters. The minimum atomic E-state index is 0.0186. The van der Waals surface area contributed by atoms with Crippen molar-refractivity contribution in [3.8, 4) is 5.75 Å². The van der Waals surface area contributed by atoms with E-state index in [1.165, 1.54) is 5.56 Å². The van der Waals surface area contributed by atoms with Gasteiger partial charge in [0.25, 0.3) is 0 Å². The molecule has 140 valence electrons. The zero-order valence-corrected chi connectivity index (χ0v) is 15.9. The fourth-order valence-corrected chi connectivity index (χ4v) is 3.34. The maximum absolute atomic E-state index is 12.8. The molecule has 1 amide bonds. The number of benzene rings is 2. The van der Waals surface area contributed by atoms with E-state index in [2.05, 4.69) is 29.4 Å². The lowest BCUT2D eigenvalue weighted by Gasteiger charge is -2.18. The van der Waals surface area contributed by atoms with Gasteiger partial charge in [0.05, 0.1) is 18.3 Å². The van der Waals surface area contributed by atoms with Gasteiger partial charge < -0.3 is 10.1 Å². The first-order valence-electron chi connectivity index (χ1n) is 9.48. The Balaban J connectivity index is 1.75. The third-order valence-electron chi connectivity index (χ3n) is 4.83. The number of fused-ring (bicyclic) bond motifs is 1. The van der Waals surface area contributed by atoms with E-state index in [9.17, 15) is 4.79 Å². The van der Waals surface area contributed by atoms with Crippen LogP contribution in [0.1, 0.15) is 44.1 Å². The average Bonchev–Trinajstić information content (AvgIpc) is 2.71. The highest BCUT2D eigenvalue weighted by Crippen LogP contribution is 2.28. The van der Waals surface area contributed by atoms with Crippen molar-refractivity contribution < 1.29 is 9.53 Å². The normalized spacial score (nSPS) is 11.9. The number of carbonyl (C=O) groups is 1. The molecular weight excluding hydrogens is 336 g/mol. The minimum absolute atomic E-state index is 0.0186. The van der Waals surface area contributed by atoms with E-state index in [4.69, 9.17) is 4.74 Å². The number of methoxy groups -OCH3 is 1. The van der Waals surface area contributed by atoms with Crippen LogP contribution in [0.3, 0.4) is 0 Å². The van der Waals surface area contributed by atoms with Gasteiger partial charge >= 0.3 is 0 Å². The van der Waals surface area contributed by atoms with E-state index >= 15 is 0 Å². The van der Waals surface area contributed by atoms with Crippen molar-refractivity contribution in [1.29, 1.82) is 0 Å². The quantitative estimate of drug-likeness (QED) is 0.572. The smallest absolute Gasteiger partial charge is 0.225 e. The molecule has 3 rings (SSSR count). The van der Waals surface area contributed by atoms with E-state index in [1.54, 1.807) is 13.3 Å². The molecule has 0 saturated carbocycles. The first-order valence-corrected chi connectivity index (χ1v) is 9.48. The van der Waals surface area contributed by atoms with Crippen LogP contribution in [0.15, 0.2) is 60.8 Å². The monoisotopic (exact) mass is 362 g/mol. The highest BCUT2D eigenvalue weighted by atomic mass is 16.5. The lowest BCUT2D eigenvalue weighted by Crippen LogP contribution is -2.16.